The maximum absolute atomic E-state index is 3.95. The Bertz CT molecular complexity index is 257. The molecule has 2 N–H and O–H groups in total. The normalized spacial score (nSPS) is 23.9. The third kappa shape index (κ3) is 2.56. The Morgan fingerprint density at radius 1 is 1.64 bits per heavy atom. The Kier molecular flexibility index (Phi) is 3.16. The average Bonchev–Trinajstić information content (AvgIpc) is 2.67. The number of nitrogens with one attached hydrogen (secondary N) is 2. The second-order valence-corrected chi connectivity index (χ2v) is 4.01. The summed E-state index contributed by atoms with van der Waals surface area (Å²) in [4.78, 5) is 2.51. The van der Waals surface area contributed by atoms with Gasteiger partial charge in [-0.2, -0.15) is 5.10 Å². The monoisotopic (exact) mass is 194 g/mol. The Balaban J connectivity index is 1.75. The van der Waals surface area contributed by atoms with Crippen LogP contribution in [0.1, 0.15) is 12.5 Å². The summed E-state index contributed by atoms with van der Waals surface area (Å²) in [6, 6.07) is 0.632. The molecule has 0 spiro atoms. The van der Waals surface area contributed by atoms with E-state index in [1.165, 1.54) is 12.1 Å². The molecule has 14 heavy (non-hydrogen) atoms. The number of piperazine rings is 1. The van der Waals surface area contributed by atoms with Gasteiger partial charge in [-0.05, 0) is 18.9 Å². The van der Waals surface area contributed by atoms with Gasteiger partial charge in [-0.1, -0.05) is 0 Å². The largest absolute Gasteiger partial charge is 0.312 e. The molecule has 2 rings (SSSR count). The number of aromatic nitrogens is 2. The number of H-pyrrole nitrogens is 1. The Hall–Kier alpha value is -0.870. The Morgan fingerprint density at radius 3 is 3.29 bits per heavy atom. The van der Waals surface area contributed by atoms with Gasteiger partial charge < -0.3 is 10.2 Å². The molecule has 2 heterocycles. The van der Waals surface area contributed by atoms with E-state index >= 15 is 0 Å². The molecule has 4 heteroatoms. The highest BCUT2D eigenvalue weighted by Gasteiger charge is 2.14. The number of hydrogen-bond donors (Lipinski definition) is 2. The van der Waals surface area contributed by atoms with Gasteiger partial charge in [0.15, 0.2) is 0 Å². The first-order valence-corrected chi connectivity index (χ1v) is 5.28. The second-order valence-electron chi connectivity index (χ2n) is 4.01. The SMILES string of the molecule is C[C@@H]1CN(CCc2cn[nH]c2)CCN1. The van der Waals surface area contributed by atoms with E-state index in [2.05, 4.69) is 27.3 Å². The molecule has 1 aromatic rings. The third-order valence-corrected chi connectivity index (χ3v) is 2.72. The van der Waals surface area contributed by atoms with Crippen LogP contribution in [-0.4, -0.2) is 47.3 Å². The molecular weight excluding hydrogens is 176 g/mol. The molecule has 1 fully saturated rings. The highest BCUT2D eigenvalue weighted by Crippen LogP contribution is 2.02. The standard InChI is InChI=1S/C10H18N4/c1-9-8-14(5-3-11-9)4-2-10-6-12-13-7-10/h6-7,9,11H,2-5,8H2,1H3,(H,12,13)/t9-/m1/s1. The van der Waals surface area contributed by atoms with E-state index in [-0.39, 0.29) is 0 Å². The van der Waals surface area contributed by atoms with E-state index in [0.717, 1.165) is 26.1 Å². The van der Waals surface area contributed by atoms with Gasteiger partial charge in [0.25, 0.3) is 0 Å². The summed E-state index contributed by atoms with van der Waals surface area (Å²) in [6.45, 7) is 6.84. The zero-order valence-electron chi connectivity index (χ0n) is 8.66. The van der Waals surface area contributed by atoms with Gasteiger partial charge in [0.2, 0.25) is 0 Å². The number of aromatic amines is 1. The highest BCUT2D eigenvalue weighted by molar-refractivity contribution is 5.02. The molecule has 0 aliphatic carbocycles. The van der Waals surface area contributed by atoms with E-state index < -0.39 is 0 Å². The van der Waals surface area contributed by atoms with Crippen LogP contribution in [0, 0.1) is 0 Å². The zero-order valence-corrected chi connectivity index (χ0v) is 8.66. The van der Waals surface area contributed by atoms with Crippen molar-refractivity contribution in [3.8, 4) is 0 Å². The van der Waals surface area contributed by atoms with Crippen LogP contribution >= 0.6 is 0 Å². The zero-order chi connectivity index (χ0) is 9.80. The minimum atomic E-state index is 0.632. The number of rotatable bonds is 3. The molecule has 0 aromatic carbocycles. The van der Waals surface area contributed by atoms with E-state index in [4.69, 9.17) is 0 Å². The third-order valence-electron chi connectivity index (χ3n) is 2.72. The van der Waals surface area contributed by atoms with E-state index in [1.807, 2.05) is 12.4 Å². The van der Waals surface area contributed by atoms with Gasteiger partial charge in [-0.25, -0.2) is 0 Å². The molecule has 1 saturated heterocycles. The van der Waals surface area contributed by atoms with Crippen LogP contribution in [0.3, 0.4) is 0 Å². The van der Waals surface area contributed by atoms with Crippen molar-refractivity contribution in [2.75, 3.05) is 26.2 Å². The Morgan fingerprint density at radius 2 is 2.57 bits per heavy atom. The van der Waals surface area contributed by atoms with Gasteiger partial charge in [0.1, 0.15) is 0 Å². The van der Waals surface area contributed by atoms with Gasteiger partial charge >= 0.3 is 0 Å². The molecular formula is C10H18N4. The smallest absolute Gasteiger partial charge is 0.0519 e. The predicted octanol–water partition coefficient (Wildman–Crippen LogP) is 0.246. The molecule has 1 aromatic heterocycles. The molecule has 1 aliphatic heterocycles. The first-order valence-electron chi connectivity index (χ1n) is 5.28. The maximum Gasteiger partial charge on any atom is 0.0519 e. The molecule has 0 radical (unpaired) electrons. The lowest BCUT2D eigenvalue weighted by Gasteiger charge is -2.31. The van der Waals surface area contributed by atoms with Gasteiger partial charge in [0.05, 0.1) is 6.20 Å². The van der Waals surface area contributed by atoms with Gasteiger partial charge in [0, 0.05) is 38.4 Å². The Labute approximate surface area is 84.7 Å². The fraction of sp³-hybridized carbons (Fsp3) is 0.700. The van der Waals surface area contributed by atoms with Crippen LogP contribution < -0.4 is 5.32 Å². The second kappa shape index (κ2) is 4.57. The molecule has 0 bridgehead atoms. The van der Waals surface area contributed by atoms with Crippen molar-refractivity contribution in [2.45, 2.75) is 19.4 Å². The fourth-order valence-electron chi connectivity index (χ4n) is 1.92. The highest BCUT2D eigenvalue weighted by atomic mass is 15.2. The van der Waals surface area contributed by atoms with Gasteiger partial charge in [-0.3, -0.25) is 5.10 Å². The molecule has 0 saturated carbocycles. The summed E-state index contributed by atoms with van der Waals surface area (Å²) in [7, 11) is 0. The van der Waals surface area contributed by atoms with Crippen molar-refractivity contribution < 1.29 is 0 Å². The average molecular weight is 194 g/mol. The van der Waals surface area contributed by atoms with Crippen molar-refractivity contribution >= 4 is 0 Å². The lowest BCUT2D eigenvalue weighted by atomic mass is 10.2. The van der Waals surface area contributed by atoms with E-state index in [1.54, 1.807) is 0 Å². The van der Waals surface area contributed by atoms with Crippen molar-refractivity contribution in [3.63, 3.8) is 0 Å². The summed E-state index contributed by atoms with van der Waals surface area (Å²) < 4.78 is 0. The van der Waals surface area contributed by atoms with E-state index in [9.17, 15) is 0 Å². The summed E-state index contributed by atoms with van der Waals surface area (Å²) >= 11 is 0. The summed E-state index contributed by atoms with van der Waals surface area (Å²) in [5.41, 5.74) is 1.30. The molecule has 1 aliphatic rings. The topological polar surface area (TPSA) is 44.0 Å². The van der Waals surface area contributed by atoms with Gasteiger partial charge in [-0.15, -0.1) is 0 Å². The van der Waals surface area contributed by atoms with Crippen LogP contribution in [0.4, 0.5) is 0 Å². The lowest BCUT2D eigenvalue weighted by molar-refractivity contribution is 0.209. The molecule has 4 nitrogen and oxygen atoms in total. The summed E-state index contributed by atoms with van der Waals surface area (Å²) in [5, 5.41) is 10.2. The van der Waals surface area contributed by atoms with Crippen molar-refractivity contribution in [1.29, 1.82) is 0 Å². The quantitative estimate of drug-likeness (QED) is 0.725. The lowest BCUT2D eigenvalue weighted by Crippen LogP contribution is -2.49. The summed E-state index contributed by atoms with van der Waals surface area (Å²) in [5.74, 6) is 0. The minimum Gasteiger partial charge on any atom is -0.312 e. The molecule has 0 amide bonds. The molecule has 0 unspecified atom stereocenters. The number of nitrogens with zero attached hydrogens (tertiary/aromatic N) is 2. The van der Waals surface area contributed by atoms with Crippen molar-refractivity contribution in [1.82, 2.24) is 20.4 Å². The van der Waals surface area contributed by atoms with Crippen molar-refractivity contribution in [2.24, 2.45) is 0 Å². The van der Waals surface area contributed by atoms with Crippen LogP contribution in [-0.2, 0) is 6.42 Å². The minimum absolute atomic E-state index is 0.632. The fourth-order valence-corrected chi connectivity index (χ4v) is 1.92. The van der Waals surface area contributed by atoms with Crippen LogP contribution in [0.2, 0.25) is 0 Å². The van der Waals surface area contributed by atoms with Crippen LogP contribution in [0.15, 0.2) is 12.4 Å². The molecule has 78 valence electrons. The predicted molar refractivity (Wildman–Crippen MR) is 56.2 cm³/mol. The van der Waals surface area contributed by atoms with E-state index in [0.29, 0.717) is 6.04 Å². The maximum atomic E-state index is 3.95. The first kappa shape index (κ1) is 9.68. The van der Waals surface area contributed by atoms with Crippen LogP contribution in [0.5, 0.6) is 0 Å². The van der Waals surface area contributed by atoms with Crippen molar-refractivity contribution in [3.05, 3.63) is 18.0 Å². The number of hydrogen-bond acceptors (Lipinski definition) is 3. The first-order chi connectivity index (χ1) is 6.84. The van der Waals surface area contributed by atoms with Crippen LogP contribution in [0.25, 0.3) is 0 Å². The molecule has 1 atom stereocenters. The summed E-state index contributed by atoms with van der Waals surface area (Å²) in [6.07, 6.45) is 4.99.